The molecular weight excluding hydrogens is 272 g/mol. The van der Waals surface area contributed by atoms with Crippen LogP contribution in [0, 0.1) is 5.92 Å². The van der Waals surface area contributed by atoms with E-state index in [-0.39, 0.29) is 24.9 Å². The fraction of sp³-hybridized carbons (Fsp3) is 0.429. The summed E-state index contributed by atoms with van der Waals surface area (Å²) < 4.78 is 5.06. The number of carbonyl (C=O) groups is 2. The number of benzene rings is 1. The van der Waals surface area contributed by atoms with E-state index in [0.29, 0.717) is 0 Å². The fourth-order valence-corrected chi connectivity index (χ4v) is 1.71. The largest absolute Gasteiger partial charge is 0.445 e. The molecule has 112 valence electrons. The third-order valence-electron chi connectivity index (χ3n) is 2.79. The van der Waals surface area contributed by atoms with Crippen LogP contribution in [0.3, 0.4) is 0 Å². The maximum atomic E-state index is 11.8. The number of rotatable bonds is 7. The minimum atomic E-state index is -0.737. The first kappa shape index (κ1) is 16.5. The molecule has 7 heteroatoms. The zero-order valence-electron chi connectivity index (χ0n) is 12.0. The van der Waals surface area contributed by atoms with Gasteiger partial charge >= 0.3 is 6.09 Å². The molecule has 0 fully saturated rings. The van der Waals surface area contributed by atoms with Crippen molar-refractivity contribution in [2.24, 2.45) is 11.0 Å². The van der Waals surface area contributed by atoms with Crippen LogP contribution in [-0.2, 0) is 16.1 Å². The van der Waals surface area contributed by atoms with Gasteiger partial charge in [0.05, 0.1) is 12.6 Å². The van der Waals surface area contributed by atoms with Crippen LogP contribution in [0.1, 0.15) is 19.4 Å². The van der Waals surface area contributed by atoms with Gasteiger partial charge in [0.1, 0.15) is 6.61 Å². The average Bonchev–Trinajstić information content (AvgIpc) is 2.49. The molecule has 0 heterocycles. The van der Waals surface area contributed by atoms with Crippen molar-refractivity contribution in [3.8, 4) is 0 Å². The molecule has 0 radical (unpaired) electrons. The van der Waals surface area contributed by atoms with Crippen LogP contribution in [0.15, 0.2) is 35.4 Å². The third-order valence-corrected chi connectivity index (χ3v) is 2.79. The molecule has 0 saturated carbocycles. The van der Waals surface area contributed by atoms with Crippen molar-refractivity contribution in [3.05, 3.63) is 46.3 Å². The SMILES string of the molecule is CC(C)[C@H](NC(=O)OCc1ccccc1)C(=O)CN=[N+]=[N-]. The normalized spacial score (nSPS) is 11.4. The Morgan fingerprint density at radius 3 is 2.57 bits per heavy atom. The molecular formula is C14H18N4O3. The Labute approximate surface area is 122 Å². The van der Waals surface area contributed by atoms with E-state index < -0.39 is 12.1 Å². The molecule has 0 aliphatic rings. The molecule has 0 unspecified atom stereocenters. The highest BCUT2D eigenvalue weighted by Gasteiger charge is 2.23. The first-order chi connectivity index (χ1) is 10.0. The topological polar surface area (TPSA) is 104 Å². The van der Waals surface area contributed by atoms with E-state index >= 15 is 0 Å². The zero-order chi connectivity index (χ0) is 15.7. The van der Waals surface area contributed by atoms with Crippen LogP contribution >= 0.6 is 0 Å². The standard InChI is InChI=1S/C14H18N4O3/c1-10(2)13(12(19)8-16-18-15)17-14(20)21-9-11-6-4-3-5-7-11/h3-7,10,13H,8-9H2,1-2H3,(H,17,20)/t13-/m0/s1. The van der Waals surface area contributed by atoms with Crippen LogP contribution < -0.4 is 5.32 Å². The van der Waals surface area contributed by atoms with Gasteiger partial charge in [-0.2, -0.15) is 0 Å². The number of azide groups is 1. The van der Waals surface area contributed by atoms with E-state index in [9.17, 15) is 9.59 Å². The van der Waals surface area contributed by atoms with Gasteiger partial charge in [0.2, 0.25) is 0 Å². The lowest BCUT2D eigenvalue weighted by molar-refractivity contribution is -0.120. The lowest BCUT2D eigenvalue weighted by Crippen LogP contribution is -2.45. The number of nitrogens with zero attached hydrogens (tertiary/aromatic N) is 3. The molecule has 1 rings (SSSR count). The summed E-state index contributed by atoms with van der Waals surface area (Å²) in [5.74, 6) is -0.477. The molecule has 0 aromatic heterocycles. The zero-order valence-corrected chi connectivity index (χ0v) is 12.0. The number of amides is 1. The predicted molar refractivity (Wildman–Crippen MR) is 77.4 cm³/mol. The number of Topliss-reactive ketones (excluding diaryl/α,β-unsaturated/α-hetero) is 1. The van der Waals surface area contributed by atoms with E-state index in [4.69, 9.17) is 10.3 Å². The van der Waals surface area contributed by atoms with Gasteiger partial charge in [-0.05, 0) is 17.0 Å². The monoisotopic (exact) mass is 290 g/mol. The lowest BCUT2D eigenvalue weighted by Gasteiger charge is -2.20. The number of nitrogens with one attached hydrogen (secondary N) is 1. The van der Waals surface area contributed by atoms with Crippen molar-refractivity contribution in [2.45, 2.75) is 26.5 Å². The summed E-state index contributed by atoms with van der Waals surface area (Å²) in [5, 5.41) is 5.72. The molecule has 0 aliphatic carbocycles. The summed E-state index contributed by atoms with van der Waals surface area (Å²) in [6.07, 6.45) is -0.674. The van der Waals surface area contributed by atoms with Gasteiger partial charge < -0.3 is 10.1 Å². The molecule has 1 amide bonds. The molecule has 1 atom stereocenters. The molecule has 0 saturated heterocycles. The number of carbonyl (C=O) groups excluding carboxylic acids is 2. The summed E-state index contributed by atoms with van der Waals surface area (Å²) in [6, 6.07) is 8.49. The molecule has 0 aliphatic heterocycles. The van der Waals surface area contributed by atoms with E-state index in [1.54, 1.807) is 13.8 Å². The maximum Gasteiger partial charge on any atom is 0.408 e. The molecule has 0 bridgehead atoms. The van der Waals surface area contributed by atoms with Crippen molar-refractivity contribution in [1.29, 1.82) is 0 Å². The van der Waals surface area contributed by atoms with Crippen molar-refractivity contribution in [3.63, 3.8) is 0 Å². The van der Waals surface area contributed by atoms with Gasteiger partial charge in [-0.1, -0.05) is 49.3 Å². The Hall–Kier alpha value is -2.53. The predicted octanol–water partition coefficient (Wildman–Crippen LogP) is 2.82. The van der Waals surface area contributed by atoms with E-state index in [1.807, 2.05) is 30.3 Å². The Balaban J connectivity index is 2.52. The average molecular weight is 290 g/mol. The second-order valence-corrected chi connectivity index (χ2v) is 4.78. The van der Waals surface area contributed by atoms with Crippen LogP contribution in [0.4, 0.5) is 4.79 Å². The van der Waals surface area contributed by atoms with Gasteiger partial charge in [0.15, 0.2) is 5.78 Å². The van der Waals surface area contributed by atoms with Crippen molar-refractivity contribution in [2.75, 3.05) is 6.54 Å². The smallest absolute Gasteiger partial charge is 0.408 e. The minimum absolute atomic E-state index is 0.127. The molecule has 21 heavy (non-hydrogen) atoms. The Morgan fingerprint density at radius 2 is 2.00 bits per heavy atom. The van der Waals surface area contributed by atoms with Gasteiger partial charge in [0.25, 0.3) is 0 Å². The van der Waals surface area contributed by atoms with Crippen molar-refractivity contribution >= 4 is 11.9 Å². The first-order valence-corrected chi connectivity index (χ1v) is 6.55. The highest BCUT2D eigenvalue weighted by molar-refractivity contribution is 5.89. The number of ether oxygens (including phenoxy) is 1. The summed E-state index contributed by atoms with van der Waals surface area (Å²) in [6.45, 7) is 3.41. The van der Waals surface area contributed by atoms with E-state index in [2.05, 4.69) is 15.3 Å². The summed E-state index contributed by atoms with van der Waals surface area (Å²) in [4.78, 5) is 26.1. The van der Waals surface area contributed by atoms with Crippen LogP contribution in [0.5, 0.6) is 0 Å². The quantitative estimate of drug-likeness (QED) is 0.474. The number of hydrogen-bond acceptors (Lipinski definition) is 4. The van der Waals surface area contributed by atoms with Crippen LogP contribution in [0.25, 0.3) is 10.4 Å². The highest BCUT2D eigenvalue weighted by atomic mass is 16.5. The minimum Gasteiger partial charge on any atom is -0.445 e. The molecule has 1 aromatic rings. The number of ketones is 1. The summed E-state index contributed by atoms with van der Waals surface area (Å²) in [7, 11) is 0. The molecule has 1 aromatic carbocycles. The second kappa shape index (κ2) is 8.60. The summed E-state index contributed by atoms with van der Waals surface area (Å²) in [5.41, 5.74) is 9.08. The van der Waals surface area contributed by atoms with Crippen LogP contribution in [-0.4, -0.2) is 24.5 Å². The number of alkyl carbamates (subject to hydrolysis) is 1. The molecule has 0 spiro atoms. The fourth-order valence-electron chi connectivity index (χ4n) is 1.71. The van der Waals surface area contributed by atoms with Crippen LogP contribution in [0.2, 0.25) is 0 Å². The highest BCUT2D eigenvalue weighted by Crippen LogP contribution is 2.05. The van der Waals surface area contributed by atoms with E-state index in [0.717, 1.165) is 5.56 Å². The lowest BCUT2D eigenvalue weighted by atomic mass is 10.0. The van der Waals surface area contributed by atoms with Gasteiger partial charge in [-0.25, -0.2) is 4.79 Å². The van der Waals surface area contributed by atoms with Gasteiger partial charge in [0, 0.05) is 4.91 Å². The van der Waals surface area contributed by atoms with Gasteiger partial charge in [-0.3, -0.25) is 4.79 Å². The molecule has 1 N–H and O–H groups in total. The summed E-state index contributed by atoms with van der Waals surface area (Å²) >= 11 is 0. The van der Waals surface area contributed by atoms with Crippen molar-refractivity contribution < 1.29 is 14.3 Å². The third kappa shape index (κ3) is 5.97. The second-order valence-electron chi connectivity index (χ2n) is 4.78. The Morgan fingerprint density at radius 1 is 1.33 bits per heavy atom. The van der Waals surface area contributed by atoms with Crippen molar-refractivity contribution in [1.82, 2.24) is 5.32 Å². The van der Waals surface area contributed by atoms with E-state index in [1.165, 1.54) is 0 Å². The Kier molecular flexibility index (Phi) is 6.77. The Bertz CT molecular complexity index is 524. The first-order valence-electron chi connectivity index (χ1n) is 6.55. The maximum absolute atomic E-state index is 11.8. The van der Waals surface area contributed by atoms with Gasteiger partial charge in [-0.15, -0.1) is 0 Å². The molecule has 7 nitrogen and oxygen atoms in total. The number of hydrogen-bond donors (Lipinski definition) is 1.